The summed E-state index contributed by atoms with van der Waals surface area (Å²) in [5.74, 6) is 0. The second-order valence-electron chi connectivity index (χ2n) is 2.92. The van der Waals surface area contributed by atoms with Gasteiger partial charge in [-0.2, -0.15) is 0 Å². The van der Waals surface area contributed by atoms with Crippen molar-refractivity contribution in [3.8, 4) is 0 Å². The molecule has 0 aromatic heterocycles. The molecule has 0 N–H and O–H groups in total. The summed E-state index contributed by atoms with van der Waals surface area (Å²) < 4.78 is 0.384. The molecule has 2 aliphatic rings. The highest BCUT2D eigenvalue weighted by atomic mass is 32.2. The summed E-state index contributed by atoms with van der Waals surface area (Å²) in [7, 11) is 0. The van der Waals surface area contributed by atoms with Gasteiger partial charge in [-0.15, -0.1) is 23.5 Å². The normalized spacial score (nSPS) is 43.8. The lowest BCUT2D eigenvalue weighted by atomic mass is 10.1. The third-order valence-electron chi connectivity index (χ3n) is 1.94. The second-order valence-corrected chi connectivity index (χ2v) is 5.70. The van der Waals surface area contributed by atoms with Gasteiger partial charge in [0.2, 0.25) is 0 Å². The van der Waals surface area contributed by atoms with Gasteiger partial charge in [0.05, 0.1) is 4.75 Å². The molecule has 2 heteroatoms. The standard InChI is InChI=1S/C8H10S2/c1-6-5-8(2)7(10-6)3-4-9-8/h3-5,7H,1-2H3. The van der Waals surface area contributed by atoms with E-state index in [4.69, 9.17) is 0 Å². The topological polar surface area (TPSA) is 0 Å². The summed E-state index contributed by atoms with van der Waals surface area (Å²) in [6, 6.07) is 0. The van der Waals surface area contributed by atoms with Crippen LogP contribution in [-0.4, -0.2) is 10.00 Å². The van der Waals surface area contributed by atoms with Crippen molar-refractivity contribution in [2.45, 2.75) is 23.8 Å². The van der Waals surface area contributed by atoms with E-state index in [1.165, 1.54) is 4.91 Å². The summed E-state index contributed by atoms with van der Waals surface area (Å²) in [5, 5.41) is 2.93. The van der Waals surface area contributed by atoms with E-state index in [1.807, 2.05) is 23.5 Å². The summed E-state index contributed by atoms with van der Waals surface area (Å²) in [6.07, 6.45) is 4.69. The largest absolute Gasteiger partial charge is 0.122 e. The number of allylic oxidation sites excluding steroid dienone is 1. The van der Waals surface area contributed by atoms with Gasteiger partial charge >= 0.3 is 0 Å². The molecular weight excluding hydrogens is 160 g/mol. The van der Waals surface area contributed by atoms with Gasteiger partial charge in [0.25, 0.3) is 0 Å². The molecule has 2 unspecified atom stereocenters. The van der Waals surface area contributed by atoms with E-state index in [9.17, 15) is 0 Å². The Morgan fingerprint density at radius 2 is 2.40 bits per heavy atom. The van der Waals surface area contributed by atoms with Gasteiger partial charge in [0.15, 0.2) is 0 Å². The third-order valence-corrected chi connectivity index (χ3v) is 4.66. The van der Waals surface area contributed by atoms with E-state index in [-0.39, 0.29) is 0 Å². The monoisotopic (exact) mass is 170 g/mol. The van der Waals surface area contributed by atoms with Gasteiger partial charge in [-0.3, -0.25) is 0 Å². The fraction of sp³-hybridized carbons (Fsp3) is 0.500. The molecule has 0 amide bonds. The zero-order chi connectivity index (χ0) is 7.19. The van der Waals surface area contributed by atoms with Crippen molar-refractivity contribution in [3.63, 3.8) is 0 Å². The van der Waals surface area contributed by atoms with Crippen LogP contribution in [-0.2, 0) is 0 Å². The second kappa shape index (κ2) is 2.08. The van der Waals surface area contributed by atoms with Crippen LogP contribution >= 0.6 is 23.5 Å². The van der Waals surface area contributed by atoms with Gasteiger partial charge in [-0.25, -0.2) is 0 Å². The molecule has 0 nitrogen and oxygen atoms in total. The van der Waals surface area contributed by atoms with E-state index in [2.05, 4.69) is 31.4 Å². The molecule has 0 aliphatic carbocycles. The molecule has 54 valence electrons. The number of hydrogen-bond acceptors (Lipinski definition) is 2. The number of rotatable bonds is 0. The Hall–Kier alpha value is 0.180. The molecule has 2 rings (SSSR count). The average molecular weight is 170 g/mol. The molecule has 0 bridgehead atoms. The van der Waals surface area contributed by atoms with Crippen molar-refractivity contribution in [2.24, 2.45) is 0 Å². The Bertz CT molecular complexity index is 217. The van der Waals surface area contributed by atoms with Crippen LogP contribution in [0.5, 0.6) is 0 Å². The van der Waals surface area contributed by atoms with E-state index in [1.54, 1.807) is 0 Å². The van der Waals surface area contributed by atoms with Crippen LogP contribution in [0, 0.1) is 0 Å². The van der Waals surface area contributed by atoms with Crippen molar-refractivity contribution in [1.82, 2.24) is 0 Å². The Labute approximate surface area is 70.1 Å². The van der Waals surface area contributed by atoms with Crippen LogP contribution in [0.3, 0.4) is 0 Å². The molecule has 2 heterocycles. The van der Waals surface area contributed by atoms with E-state index >= 15 is 0 Å². The number of thioether (sulfide) groups is 2. The first-order chi connectivity index (χ1) is 4.71. The van der Waals surface area contributed by atoms with Crippen LogP contribution in [0.2, 0.25) is 0 Å². The Morgan fingerprint density at radius 3 is 3.10 bits per heavy atom. The Kier molecular flexibility index (Phi) is 1.43. The maximum Gasteiger partial charge on any atom is 0.0519 e. The van der Waals surface area contributed by atoms with Gasteiger partial charge in [-0.1, -0.05) is 12.2 Å². The lowest BCUT2D eigenvalue weighted by Gasteiger charge is -2.19. The van der Waals surface area contributed by atoms with Gasteiger partial charge in [0, 0.05) is 5.25 Å². The fourth-order valence-corrected chi connectivity index (χ4v) is 4.07. The third kappa shape index (κ3) is 0.857. The molecule has 0 radical (unpaired) electrons. The van der Waals surface area contributed by atoms with Crippen LogP contribution in [0.25, 0.3) is 0 Å². The molecule has 0 aromatic rings. The van der Waals surface area contributed by atoms with Crippen LogP contribution in [0.15, 0.2) is 22.5 Å². The molecule has 2 aliphatic heterocycles. The molecule has 2 atom stereocenters. The molecular formula is C8H10S2. The first-order valence-electron chi connectivity index (χ1n) is 3.41. The van der Waals surface area contributed by atoms with Gasteiger partial charge in [-0.05, 0) is 24.2 Å². The minimum atomic E-state index is 0.384. The predicted octanol–water partition coefficient (Wildman–Crippen LogP) is 3.02. The van der Waals surface area contributed by atoms with Gasteiger partial charge in [0.1, 0.15) is 0 Å². The van der Waals surface area contributed by atoms with Crippen LogP contribution in [0.1, 0.15) is 13.8 Å². The molecule has 10 heavy (non-hydrogen) atoms. The minimum absolute atomic E-state index is 0.384. The summed E-state index contributed by atoms with van der Waals surface area (Å²) in [4.78, 5) is 1.48. The molecule has 0 spiro atoms. The summed E-state index contributed by atoms with van der Waals surface area (Å²) in [6.45, 7) is 4.51. The SMILES string of the molecule is CC1=CC2(C)SC=CC2S1. The highest BCUT2D eigenvalue weighted by Crippen LogP contribution is 2.51. The summed E-state index contributed by atoms with van der Waals surface area (Å²) >= 11 is 3.93. The van der Waals surface area contributed by atoms with Crippen molar-refractivity contribution in [2.75, 3.05) is 0 Å². The molecule has 0 fully saturated rings. The maximum atomic E-state index is 2.38. The first-order valence-corrected chi connectivity index (χ1v) is 5.17. The number of fused-ring (bicyclic) bond motifs is 1. The van der Waals surface area contributed by atoms with Crippen molar-refractivity contribution >= 4 is 23.5 Å². The van der Waals surface area contributed by atoms with E-state index < -0.39 is 0 Å². The van der Waals surface area contributed by atoms with E-state index in [0.717, 1.165) is 0 Å². The van der Waals surface area contributed by atoms with Gasteiger partial charge < -0.3 is 0 Å². The van der Waals surface area contributed by atoms with E-state index in [0.29, 0.717) is 10.00 Å². The Morgan fingerprint density at radius 1 is 1.60 bits per heavy atom. The van der Waals surface area contributed by atoms with Crippen molar-refractivity contribution in [3.05, 3.63) is 22.5 Å². The predicted molar refractivity (Wildman–Crippen MR) is 50.3 cm³/mol. The fourth-order valence-electron chi connectivity index (χ4n) is 1.43. The summed E-state index contributed by atoms with van der Waals surface area (Å²) in [5.41, 5.74) is 0. The molecule has 0 saturated carbocycles. The van der Waals surface area contributed by atoms with Crippen LogP contribution in [0.4, 0.5) is 0 Å². The first kappa shape index (κ1) is 6.86. The highest BCUT2D eigenvalue weighted by Gasteiger charge is 2.39. The zero-order valence-electron chi connectivity index (χ0n) is 6.13. The smallest absolute Gasteiger partial charge is 0.0519 e. The maximum absolute atomic E-state index is 2.38. The average Bonchev–Trinajstić information content (AvgIpc) is 2.20. The Balaban J connectivity index is 2.31. The zero-order valence-corrected chi connectivity index (χ0v) is 7.76. The molecule has 0 aromatic carbocycles. The lowest BCUT2D eigenvalue weighted by molar-refractivity contribution is 0.851. The quantitative estimate of drug-likeness (QED) is 0.548. The lowest BCUT2D eigenvalue weighted by Crippen LogP contribution is -2.21. The van der Waals surface area contributed by atoms with Crippen molar-refractivity contribution < 1.29 is 0 Å². The minimum Gasteiger partial charge on any atom is -0.122 e. The van der Waals surface area contributed by atoms with Crippen LogP contribution < -0.4 is 0 Å². The molecule has 0 saturated heterocycles. The van der Waals surface area contributed by atoms with Crippen molar-refractivity contribution in [1.29, 1.82) is 0 Å². The number of hydrogen-bond donors (Lipinski definition) is 0. The highest BCUT2D eigenvalue weighted by molar-refractivity contribution is 8.09.